The molecule has 0 atom stereocenters. The Morgan fingerprint density at radius 3 is 2.80 bits per heavy atom. The molecule has 2 heterocycles. The lowest BCUT2D eigenvalue weighted by Gasteiger charge is -2.07. The fourth-order valence-corrected chi connectivity index (χ4v) is 1.87. The number of carbonyl (C=O) groups is 1. The van der Waals surface area contributed by atoms with Gasteiger partial charge >= 0.3 is 5.97 Å². The van der Waals surface area contributed by atoms with E-state index in [4.69, 9.17) is 19.0 Å². The van der Waals surface area contributed by atoms with Gasteiger partial charge in [0.15, 0.2) is 11.5 Å². The number of ether oxygens (including phenoxy) is 2. The molecule has 0 aliphatic carbocycles. The van der Waals surface area contributed by atoms with E-state index in [0.29, 0.717) is 30.3 Å². The van der Waals surface area contributed by atoms with Crippen molar-refractivity contribution in [3.8, 4) is 23.0 Å². The van der Waals surface area contributed by atoms with Gasteiger partial charge in [-0.15, -0.1) is 10.2 Å². The molecule has 1 aromatic carbocycles. The largest absolute Gasteiger partial charge is 0.490 e. The molecule has 7 heteroatoms. The molecule has 0 saturated heterocycles. The SMILES string of the molecule is O=C(O)Cc1nnc(-c2ccc3c(c2)OCCCO3)o1. The number of aliphatic carboxylic acids is 1. The Morgan fingerprint density at radius 2 is 2.00 bits per heavy atom. The van der Waals surface area contributed by atoms with Crippen LogP contribution in [0.2, 0.25) is 0 Å². The van der Waals surface area contributed by atoms with E-state index in [2.05, 4.69) is 10.2 Å². The summed E-state index contributed by atoms with van der Waals surface area (Å²) in [5, 5.41) is 16.2. The van der Waals surface area contributed by atoms with Gasteiger partial charge < -0.3 is 19.0 Å². The summed E-state index contributed by atoms with van der Waals surface area (Å²) in [4.78, 5) is 10.6. The molecule has 0 amide bonds. The van der Waals surface area contributed by atoms with Crippen molar-refractivity contribution in [2.75, 3.05) is 13.2 Å². The average Bonchev–Trinajstić information content (AvgIpc) is 2.74. The number of carboxylic acids is 1. The number of fused-ring (bicyclic) bond motifs is 1. The Kier molecular flexibility index (Phi) is 3.24. The van der Waals surface area contributed by atoms with Gasteiger partial charge in [0.25, 0.3) is 0 Å². The first-order valence-electron chi connectivity index (χ1n) is 6.16. The minimum Gasteiger partial charge on any atom is -0.490 e. The lowest BCUT2D eigenvalue weighted by Crippen LogP contribution is -1.99. The Balaban J connectivity index is 1.88. The first-order chi connectivity index (χ1) is 9.72. The topological polar surface area (TPSA) is 94.7 Å². The van der Waals surface area contributed by atoms with Gasteiger partial charge in [-0.25, -0.2) is 0 Å². The summed E-state index contributed by atoms with van der Waals surface area (Å²) in [5.74, 6) is 0.616. The molecule has 2 aromatic rings. The molecule has 0 bridgehead atoms. The van der Waals surface area contributed by atoms with E-state index >= 15 is 0 Å². The predicted molar refractivity (Wildman–Crippen MR) is 66.7 cm³/mol. The van der Waals surface area contributed by atoms with Crippen LogP contribution in [0.15, 0.2) is 22.6 Å². The third-order valence-corrected chi connectivity index (χ3v) is 2.76. The van der Waals surface area contributed by atoms with Crippen molar-refractivity contribution < 1.29 is 23.8 Å². The standard InChI is InChI=1S/C13H12N2O5/c16-12(17)7-11-14-15-13(20-11)8-2-3-9-10(6-8)19-5-1-4-18-9/h2-3,6H,1,4-5,7H2,(H,16,17). The van der Waals surface area contributed by atoms with Crippen molar-refractivity contribution in [3.63, 3.8) is 0 Å². The molecule has 1 aromatic heterocycles. The summed E-state index contributed by atoms with van der Waals surface area (Å²) < 4.78 is 16.4. The zero-order valence-electron chi connectivity index (χ0n) is 10.5. The van der Waals surface area contributed by atoms with Gasteiger partial charge in [0.2, 0.25) is 11.8 Å². The van der Waals surface area contributed by atoms with Crippen molar-refractivity contribution in [2.24, 2.45) is 0 Å². The molecular weight excluding hydrogens is 264 g/mol. The number of hydrogen-bond acceptors (Lipinski definition) is 6. The van der Waals surface area contributed by atoms with E-state index in [1.54, 1.807) is 18.2 Å². The second-order valence-electron chi connectivity index (χ2n) is 4.28. The third-order valence-electron chi connectivity index (χ3n) is 2.76. The highest BCUT2D eigenvalue weighted by Gasteiger charge is 2.15. The fourth-order valence-electron chi connectivity index (χ4n) is 1.87. The Morgan fingerprint density at radius 1 is 1.20 bits per heavy atom. The first kappa shape index (κ1) is 12.5. The summed E-state index contributed by atoms with van der Waals surface area (Å²) in [6.07, 6.45) is 0.533. The minimum atomic E-state index is -1.01. The summed E-state index contributed by atoms with van der Waals surface area (Å²) in [6.45, 7) is 1.21. The molecule has 0 radical (unpaired) electrons. The van der Waals surface area contributed by atoms with E-state index in [0.717, 1.165) is 6.42 Å². The van der Waals surface area contributed by atoms with Crippen LogP contribution in [-0.4, -0.2) is 34.5 Å². The van der Waals surface area contributed by atoms with Crippen LogP contribution in [0.4, 0.5) is 0 Å². The second kappa shape index (κ2) is 5.20. The quantitative estimate of drug-likeness (QED) is 0.908. The molecule has 3 rings (SSSR count). The number of benzene rings is 1. The molecule has 7 nitrogen and oxygen atoms in total. The smallest absolute Gasteiger partial charge is 0.312 e. The molecule has 1 aliphatic heterocycles. The van der Waals surface area contributed by atoms with Crippen LogP contribution in [0.3, 0.4) is 0 Å². The molecule has 1 N–H and O–H groups in total. The summed E-state index contributed by atoms with van der Waals surface area (Å²) in [5.41, 5.74) is 0.665. The van der Waals surface area contributed by atoms with Crippen LogP contribution in [-0.2, 0) is 11.2 Å². The molecule has 0 unspecified atom stereocenters. The van der Waals surface area contributed by atoms with Crippen LogP contribution in [0.25, 0.3) is 11.5 Å². The Hall–Kier alpha value is -2.57. The number of aromatic nitrogens is 2. The number of carboxylic acid groups (broad SMARTS) is 1. The van der Waals surface area contributed by atoms with Crippen molar-refractivity contribution >= 4 is 5.97 Å². The molecular formula is C13H12N2O5. The highest BCUT2D eigenvalue weighted by molar-refractivity contribution is 5.69. The number of nitrogens with zero attached hydrogens (tertiary/aromatic N) is 2. The van der Waals surface area contributed by atoms with Gasteiger partial charge in [0.05, 0.1) is 13.2 Å². The Labute approximate surface area is 114 Å². The molecule has 0 spiro atoms. The van der Waals surface area contributed by atoms with Crippen LogP contribution >= 0.6 is 0 Å². The van der Waals surface area contributed by atoms with Gasteiger partial charge in [0.1, 0.15) is 6.42 Å². The van der Waals surface area contributed by atoms with Crippen molar-refractivity contribution in [1.29, 1.82) is 0 Å². The van der Waals surface area contributed by atoms with E-state index in [1.807, 2.05) is 0 Å². The van der Waals surface area contributed by atoms with E-state index in [-0.39, 0.29) is 18.2 Å². The van der Waals surface area contributed by atoms with Crippen molar-refractivity contribution in [3.05, 3.63) is 24.1 Å². The van der Waals surface area contributed by atoms with E-state index in [9.17, 15) is 4.79 Å². The first-order valence-corrected chi connectivity index (χ1v) is 6.16. The maximum Gasteiger partial charge on any atom is 0.312 e. The summed E-state index contributed by atoms with van der Waals surface area (Å²) in [6, 6.07) is 5.29. The summed E-state index contributed by atoms with van der Waals surface area (Å²) in [7, 11) is 0. The highest BCUT2D eigenvalue weighted by atomic mass is 16.5. The predicted octanol–water partition coefficient (Wildman–Crippen LogP) is 1.52. The lowest BCUT2D eigenvalue weighted by atomic mass is 10.2. The average molecular weight is 276 g/mol. The van der Waals surface area contributed by atoms with Gasteiger partial charge in [-0.05, 0) is 18.2 Å². The van der Waals surface area contributed by atoms with Crippen LogP contribution in [0, 0.1) is 0 Å². The third kappa shape index (κ3) is 2.56. The van der Waals surface area contributed by atoms with Crippen LogP contribution < -0.4 is 9.47 Å². The lowest BCUT2D eigenvalue weighted by molar-refractivity contribution is -0.136. The molecule has 20 heavy (non-hydrogen) atoms. The van der Waals surface area contributed by atoms with Gasteiger partial charge in [-0.2, -0.15) is 0 Å². The maximum atomic E-state index is 10.6. The molecule has 104 valence electrons. The summed E-state index contributed by atoms with van der Waals surface area (Å²) >= 11 is 0. The van der Waals surface area contributed by atoms with Crippen molar-refractivity contribution in [2.45, 2.75) is 12.8 Å². The minimum absolute atomic E-state index is 0.0691. The normalized spacial score (nSPS) is 13.8. The van der Waals surface area contributed by atoms with Crippen LogP contribution in [0.5, 0.6) is 11.5 Å². The van der Waals surface area contributed by atoms with Gasteiger partial charge in [-0.3, -0.25) is 4.79 Å². The van der Waals surface area contributed by atoms with Gasteiger partial charge in [-0.1, -0.05) is 0 Å². The van der Waals surface area contributed by atoms with E-state index < -0.39 is 5.97 Å². The van der Waals surface area contributed by atoms with Gasteiger partial charge in [0, 0.05) is 12.0 Å². The second-order valence-corrected chi connectivity index (χ2v) is 4.28. The molecule has 1 aliphatic rings. The monoisotopic (exact) mass is 276 g/mol. The molecule has 0 fully saturated rings. The Bertz CT molecular complexity index is 637. The zero-order valence-corrected chi connectivity index (χ0v) is 10.5. The van der Waals surface area contributed by atoms with E-state index in [1.165, 1.54) is 0 Å². The van der Waals surface area contributed by atoms with Crippen molar-refractivity contribution in [1.82, 2.24) is 10.2 Å². The van der Waals surface area contributed by atoms with Crippen LogP contribution in [0.1, 0.15) is 12.3 Å². The highest BCUT2D eigenvalue weighted by Crippen LogP contribution is 2.33. The number of rotatable bonds is 3. The fraction of sp³-hybridized carbons (Fsp3) is 0.308. The zero-order chi connectivity index (χ0) is 13.9. The maximum absolute atomic E-state index is 10.6. The number of hydrogen-bond donors (Lipinski definition) is 1. The molecule has 0 saturated carbocycles.